The molecule has 6 bridgehead atoms. The number of benzene rings is 2. The van der Waals surface area contributed by atoms with Crippen molar-refractivity contribution >= 4 is 34.7 Å². The van der Waals surface area contributed by atoms with E-state index >= 15 is 0 Å². The van der Waals surface area contributed by atoms with Crippen molar-refractivity contribution < 1.29 is 0 Å². The van der Waals surface area contributed by atoms with Gasteiger partial charge in [-0.15, -0.1) is 0 Å². The molecular formula is C23H25ClN6. The summed E-state index contributed by atoms with van der Waals surface area (Å²) in [6.45, 7) is 5.28. The largest absolute Gasteiger partial charge is 0.339 e. The van der Waals surface area contributed by atoms with Crippen LogP contribution in [0.3, 0.4) is 0 Å². The molecule has 6 nitrogen and oxygen atoms in total. The minimum absolute atomic E-state index is 0.496. The molecule has 3 aromatic rings. The Bertz CT molecular complexity index is 1050. The average molecular weight is 421 g/mol. The highest BCUT2D eigenvalue weighted by atomic mass is 35.5. The standard InChI is InChI=1S/C23H25ClN6/c24-21-14-26-23-28-19-3-1-2-16(12-19)4-5-17-13-20(27-22(21)29-23)7-6-18(17)15-30-10-8-25-9-11-30/h1-3,6-7,12-14,25H,4-5,8-11,15H2,(H2,26,27,28,29). The molecule has 30 heavy (non-hydrogen) atoms. The lowest BCUT2D eigenvalue weighted by Crippen LogP contribution is -2.43. The normalized spacial score (nSPS) is 16.4. The Labute approximate surface area is 181 Å². The summed E-state index contributed by atoms with van der Waals surface area (Å²) in [6, 6.07) is 15.1. The molecule has 3 N–H and O–H groups in total. The van der Waals surface area contributed by atoms with Gasteiger partial charge in [-0.1, -0.05) is 29.8 Å². The Morgan fingerprint density at radius 3 is 2.73 bits per heavy atom. The minimum atomic E-state index is 0.496. The monoisotopic (exact) mass is 420 g/mol. The number of halogens is 1. The van der Waals surface area contributed by atoms with Crippen molar-refractivity contribution in [1.82, 2.24) is 20.2 Å². The van der Waals surface area contributed by atoms with E-state index in [0.29, 0.717) is 16.8 Å². The SMILES string of the molecule is Clc1cnc2nc1Nc1ccc(CN3CCNCC3)c(c1)CCc1cccc(c1)N2. The molecule has 2 aliphatic rings. The van der Waals surface area contributed by atoms with Gasteiger partial charge in [0.05, 0.1) is 6.20 Å². The van der Waals surface area contributed by atoms with Gasteiger partial charge in [0.2, 0.25) is 5.95 Å². The fraction of sp³-hybridized carbons (Fsp3) is 0.304. The molecule has 2 aliphatic heterocycles. The van der Waals surface area contributed by atoms with E-state index in [1.807, 2.05) is 6.07 Å². The van der Waals surface area contributed by atoms with Crippen LogP contribution in [0.25, 0.3) is 0 Å². The van der Waals surface area contributed by atoms with Crippen LogP contribution >= 0.6 is 11.6 Å². The number of anilines is 4. The third-order valence-electron chi connectivity index (χ3n) is 5.68. The van der Waals surface area contributed by atoms with E-state index in [0.717, 1.165) is 56.9 Å². The summed E-state index contributed by atoms with van der Waals surface area (Å²) < 4.78 is 0. The predicted molar refractivity (Wildman–Crippen MR) is 122 cm³/mol. The number of piperazine rings is 1. The van der Waals surface area contributed by atoms with E-state index < -0.39 is 0 Å². The van der Waals surface area contributed by atoms with E-state index in [1.54, 1.807) is 6.20 Å². The molecule has 0 aliphatic carbocycles. The molecular weight excluding hydrogens is 396 g/mol. The van der Waals surface area contributed by atoms with E-state index in [4.69, 9.17) is 11.6 Å². The first-order valence-electron chi connectivity index (χ1n) is 10.4. The number of rotatable bonds is 2. The summed E-state index contributed by atoms with van der Waals surface area (Å²) in [5.41, 5.74) is 6.02. The molecule has 0 unspecified atom stereocenters. The number of aryl methyl sites for hydroxylation is 2. The molecule has 1 aromatic heterocycles. The molecule has 0 radical (unpaired) electrons. The zero-order valence-corrected chi connectivity index (χ0v) is 17.5. The van der Waals surface area contributed by atoms with Crippen molar-refractivity contribution in [2.75, 3.05) is 36.8 Å². The number of hydrogen-bond acceptors (Lipinski definition) is 6. The van der Waals surface area contributed by atoms with Gasteiger partial charge in [-0.3, -0.25) is 4.90 Å². The summed E-state index contributed by atoms with van der Waals surface area (Å²) in [5, 5.41) is 10.6. The Kier molecular flexibility index (Phi) is 5.53. The Morgan fingerprint density at radius 1 is 0.967 bits per heavy atom. The van der Waals surface area contributed by atoms with Crippen LogP contribution in [-0.2, 0) is 19.4 Å². The third-order valence-corrected chi connectivity index (χ3v) is 5.96. The lowest BCUT2D eigenvalue weighted by Gasteiger charge is -2.28. The van der Waals surface area contributed by atoms with Crippen LogP contribution in [0.2, 0.25) is 5.02 Å². The average Bonchev–Trinajstić information content (AvgIpc) is 2.77. The second-order valence-corrected chi connectivity index (χ2v) is 8.26. The first kappa shape index (κ1) is 19.3. The molecule has 7 heteroatoms. The van der Waals surface area contributed by atoms with Crippen molar-refractivity contribution in [3.05, 3.63) is 70.4 Å². The quantitative estimate of drug-likeness (QED) is 0.579. The van der Waals surface area contributed by atoms with Crippen molar-refractivity contribution in [2.45, 2.75) is 19.4 Å². The van der Waals surface area contributed by atoms with Crippen molar-refractivity contribution in [3.63, 3.8) is 0 Å². The molecule has 2 aromatic carbocycles. The number of hydrogen-bond donors (Lipinski definition) is 3. The lowest BCUT2D eigenvalue weighted by atomic mass is 9.98. The molecule has 3 heterocycles. The van der Waals surface area contributed by atoms with Crippen LogP contribution in [0, 0.1) is 0 Å². The Balaban J connectivity index is 1.52. The van der Waals surface area contributed by atoms with Crippen molar-refractivity contribution in [3.8, 4) is 0 Å². The topological polar surface area (TPSA) is 65.1 Å². The molecule has 1 fully saturated rings. The summed E-state index contributed by atoms with van der Waals surface area (Å²) in [4.78, 5) is 11.4. The van der Waals surface area contributed by atoms with E-state index in [1.165, 1.54) is 16.7 Å². The maximum absolute atomic E-state index is 6.37. The van der Waals surface area contributed by atoms with Gasteiger partial charge in [-0.05, 0) is 53.8 Å². The summed E-state index contributed by atoms with van der Waals surface area (Å²) in [5.74, 6) is 1.12. The molecule has 0 spiro atoms. The highest BCUT2D eigenvalue weighted by Crippen LogP contribution is 2.28. The van der Waals surface area contributed by atoms with E-state index in [9.17, 15) is 0 Å². The second kappa shape index (κ2) is 8.60. The summed E-state index contributed by atoms with van der Waals surface area (Å²) in [7, 11) is 0. The highest BCUT2D eigenvalue weighted by molar-refractivity contribution is 6.32. The molecule has 154 valence electrons. The van der Waals surface area contributed by atoms with Gasteiger partial charge in [0.15, 0.2) is 5.82 Å². The first-order valence-corrected chi connectivity index (χ1v) is 10.8. The lowest BCUT2D eigenvalue weighted by molar-refractivity contribution is 0.232. The van der Waals surface area contributed by atoms with Gasteiger partial charge in [-0.25, -0.2) is 4.98 Å². The van der Waals surface area contributed by atoms with Crippen LogP contribution in [-0.4, -0.2) is 41.0 Å². The number of nitrogens with zero attached hydrogens (tertiary/aromatic N) is 3. The fourth-order valence-corrected chi connectivity index (χ4v) is 4.20. The zero-order valence-electron chi connectivity index (χ0n) is 16.8. The van der Waals surface area contributed by atoms with Gasteiger partial charge in [-0.2, -0.15) is 4.98 Å². The van der Waals surface area contributed by atoms with Crippen LogP contribution in [0.15, 0.2) is 48.7 Å². The van der Waals surface area contributed by atoms with Crippen LogP contribution < -0.4 is 16.0 Å². The van der Waals surface area contributed by atoms with Crippen molar-refractivity contribution in [2.24, 2.45) is 0 Å². The molecule has 1 saturated heterocycles. The third kappa shape index (κ3) is 4.41. The second-order valence-electron chi connectivity index (χ2n) is 7.85. The predicted octanol–water partition coefficient (Wildman–Crippen LogP) is 4.12. The van der Waals surface area contributed by atoms with Gasteiger partial charge >= 0.3 is 0 Å². The molecule has 0 amide bonds. The fourth-order valence-electron chi connectivity index (χ4n) is 4.07. The van der Waals surface area contributed by atoms with Crippen LogP contribution in [0.5, 0.6) is 0 Å². The van der Waals surface area contributed by atoms with Gasteiger partial charge in [0.1, 0.15) is 5.02 Å². The van der Waals surface area contributed by atoms with Crippen LogP contribution in [0.1, 0.15) is 16.7 Å². The Hall–Kier alpha value is -2.67. The summed E-state index contributed by atoms with van der Waals surface area (Å²) >= 11 is 6.37. The number of aromatic nitrogens is 2. The van der Waals surface area contributed by atoms with Crippen LogP contribution in [0.4, 0.5) is 23.1 Å². The summed E-state index contributed by atoms with van der Waals surface area (Å²) in [6.07, 6.45) is 3.59. The van der Waals surface area contributed by atoms with Crippen molar-refractivity contribution in [1.29, 1.82) is 0 Å². The molecule has 5 rings (SSSR count). The molecule has 0 saturated carbocycles. The maximum atomic E-state index is 6.37. The van der Waals surface area contributed by atoms with Gasteiger partial charge < -0.3 is 16.0 Å². The van der Waals surface area contributed by atoms with E-state index in [-0.39, 0.29) is 0 Å². The number of fused-ring (bicyclic) bond motifs is 6. The zero-order chi connectivity index (χ0) is 20.3. The minimum Gasteiger partial charge on any atom is -0.339 e. The van der Waals surface area contributed by atoms with Gasteiger partial charge in [0.25, 0.3) is 0 Å². The first-order chi connectivity index (χ1) is 14.7. The highest BCUT2D eigenvalue weighted by Gasteiger charge is 2.14. The smallest absolute Gasteiger partial charge is 0.229 e. The maximum Gasteiger partial charge on any atom is 0.229 e. The number of nitrogens with one attached hydrogen (secondary N) is 3. The molecule has 0 atom stereocenters. The Morgan fingerprint density at radius 2 is 1.83 bits per heavy atom. The van der Waals surface area contributed by atoms with Gasteiger partial charge in [0, 0.05) is 44.1 Å². The van der Waals surface area contributed by atoms with E-state index in [2.05, 4.69) is 67.2 Å².